The van der Waals surface area contributed by atoms with E-state index in [1.54, 1.807) is 6.92 Å². The first-order valence-electron chi connectivity index (χ1n) is 6.51. The quantitative estimate of drug-likeness (QED) is 0.312. The fourth-order valence-corrected chi connectivity index (χ4v) is 2.74. The van der Waals surface area contributed by atoms with E-state index in [4.69, 9.17) is 9.47 Å². The van der Waals surface area contributed by atoms with Gasteiger partial charge in [-0.2, -0.15) is 0 Å². The van der Waals surface area contributed by atoms with Crippen molar-refractivity contribution in [3.63, 3.8) is 0 Å². The number of ether oxygens (including phenoxy) is 2. The lowest BCUT2D eigenvalue weighted by molar-refractivity contribution is -0.138. The molecule has 1 fully saturated rings. The molecule has 3 rings (SSSR count). The number of esters is 1. The van der Waals surface area contributed by atoms with Crippen LogP contribution in [0.25, 0.3) is 0 Å². The van der Waals surface area contributed by atoms with Crippen LogP contribution in [0.4, 0.5) is 0 Å². The van der Waals surface area contributed by atoms with Gasteiger partial charge in [0.25, 0.3) is 0 Å². The third-order valence-corrected chi connectivity index (χ3v) is 3.90. The zero-order valence-electron chi connectivity index (χ0n) is 11.0. The van der Waals surface area contributed by atoms with Gasteiger partial charge in [0.15, 0.2) is 0 Å². The van der Waals surface area contributed by atoms with Crippen molar-refractivity contribution in [2.75, 3.05) is 0 Å². The zero-order valence-corrected chi connectivity index (χ0v) is 11.0. The van der Waals surface area contributed by atoms with Gasteiger partial charge in [0, 0.05) is 16.7 Å². The molecule has 0 saturated carbocycles. The van der Waals surface area contributed by atoms with Gasteiger partial charge in [0.05, 0.1) is 0 Å². The minimum absolute atomic E-state index is 0.185. The molecule has 0 aromatic carbocycles. The molecule has 19 heavy (non-hydrogen) atoms. The molecule has 0 radical (unpaired) electrons. The Morgan fingerprint density at radius 2 is 2.11 bits per heavy atom. The first-order chi connectivity index (χ1) is 9.11. The van der Waals surface area contributed by atoms with Crippen molar-refractivity contribution in [1.82, 2.24) is 0 Å². The van der Waals surface area contributed by atoms with E-state index in [1.165, 1.54) is 0 Å². The van der Waals surface area contributed by atoms with Crippen LogP contribution in [0.15, 0.2) is 34.4 Å². The minimum atomic E-state index is -0.325. The molecular weight excluding hydrogens is 244 g/mol. The molecule has 100 valence electrons. The SMILES string of the molecule is CC1=CC2OC(=O)C(C)=C2C2OC2C(C=O)=CCC1. The second-order valence-electron chi connectivity index (χ2n) is 5.26. The van der Waals surface area contributed by atoms with Crippen molar-refractivity contribution in [2.24, 2.45) is 0 Å². The summed E-state index contributed by atoms with van der Waals surface area (Å²) in [6.07, 6.45) is 5.73. The highest BCUT2D eigenvalue weighted by molar-refractivity contribution is 5.92. The maximum absolute atomic E-state index is 11.7. The average molecular weight is 260 g/mol. The third kappa shape index (κ3) is 2.06. The fourth-order valence-electron chi connectivity index (χ4n) is 2.74. The van der Waals surface area contributed by atoms with Crippen molar-refractivity contribution in [3.8, 4) is 0 Å². The molecule has 2 aliphatic heterocycles. The second-order valence-corrected chi connectivity index (χ2v) is 5.26. The van der Waals surface area contributed by atoms with Crippen LogP contribution < -0.4 is 0 Å². The molecule has 0 bridgehead atoms. The van der Waals surface area contributed by atoms with Gasteiger partial charge in [-0.1, -0.05) is 11.6 Å². The van der Waals surface area contributed by atoms with Crippen LogP contribution >= 0.6 is 0 Å². The standard InChI is InChI=1S/C15H16O4/c1-8-4-3-5-10(7-16)13-14(19-13)12-9(2)15(17)18-11(12)6-8/h5-7,11,13-14H,3-4H2,1-2H3. The molecular formula is C15H16O4. The van der Waals surface area contributed by atoms with E-state index < -0.39 is 0 Å². The number of carbonyl (C=O) groups excluding carboxylic acids is 2. The largest absolute Gasteiger partial charge is 0.450 e. The lowest BCUT2D eigenvalue weighted by Crippen LogP contribution is -2.15. The number of hydrogen-bond acceptors (Lipinski definition) is 4. The average Bonchev–Trinajstić information content (AvgIpc) is 3.08. The van der Waals surface area contributed by atoms with Crippen molar-refractivity contribution < 1.29 is 19.1 Å². The predicted molar refractivity (Wildman–Crippen MR) is 68.4 cm³/mol. The number of carbonyl (C=O) groups is 2. The normalized spacial score (nSPS) is 33.8. The van der Waals surface area contributed by atoms with Gasteiger partial charge in [0.1, 0.15) is 24.6 Å². The summed E-state index contributed by atoms with van der Waals surface area (Å²) in [5.74, 6) is -0.283. The first kappa shape index (κ1) is 12.4. The summed E-state index contributed by atoms with van der Waals surface area (Å²) in [6, 6.07) is 0. The Hall–Kier alpha value is -1.68. The molecule has 0 spiro atoms. The number of hydrogen-bond donors (Lipinski definition) is 0. The van der Waals surface area contributed by atoms with Gasteiger partial charge in [-0.25, -0.2) is 4.79 Å². The molecule has 2 heterocycles. The molecule has 3 atom stereocenters. The van der Waals surface area contributed by atoms with Gasteiger partial charge < -0.3 is 9.47 Å². The maximum atomic E-state index is 11.7. The molecule has 0 aromatic heterocycles. The highest BCUT2D eigenvalue weighted by Crippen LogP contribution is 2.42. The van der Waals surface area contributed by atoms with Crippen molar-refractivity contribution >= 4 is 12.3 Å². The number of rotatable bonds is 1. The van der Waals surface area contributed by atoms with Crippen molar-refractivity contribution in [1.29, 1.82) is 0 Å². The molecule has 1 saturated heterocycles. The molecule has 3 unspecified atom stereocenters. The van der Waals surface area contributed by atoms with E-state index in [-0.39, 0.29) is 24.3 Å². The van der Waals surface area contributed by atoms with E-state index >= 15 is 0 Å². The summed E-state index contributed by atoms with van der Waals surface area (Å²) in [5.41, 5.74) is 3.33. The van der Waals surface area contributed by atoms with Gasteiger partial charge >= 0.3 is 5.97 Å². The van der Waals surface area contributed by atoms with Crippen LogP contribution in [-0.4, -0.2) is 30.6 Å². The highest BCUT2D eigenvalue weighted by atomic mass is 16.6. The monoisotopic (exact) mass is 260 g/mol. The Morgan fingerprint density at radius 1 is 1.32 bits per heavy atom. The van der Waals surface area contributed by atoms with Crippen LogP contribution in [0, 0.1) is 0 Å². The molecule has 4 heteroatoms. The Kier molecular flexibility index (Phi) is 2.90. The van der Waals surface area contributed by atoms with Crippen LogP contribution in [0.2, 0.25) is 0 Å². The molecule has 0 amide bonds. The third-order valence-electron chi connectivity index (χ3n) is 3.90. The van der Waals surface area contributed by atoms with Crippen LogP contribution in [0.3, 0.4) is 0 Å². The topological polar surface area (TPSA) is 55.9 Å². The van der Waals surface area contributed by atoms with E-state index in [0.29, 0.717) is 11.1 Å². The Balaban J connectivity index is 2.01. The Bertz CT molecular complexity index is 538. The van der Waals surface area contributed by atoms with E-state index in [1.807, 2.05) is 19.1 Å². The minimum Gasteiger partial charge on any atom is -0.450 e. The zero-order chi connectivity index (χ0) is 13.6. The second kappa shape index (κ2) is 4.46. The molecule has 4 nitrogen and oxygen atoms in total. The Morgan fingerprint density at radius 3 is 2.84 bits per heavy atom. The fraction of sp³-hybridized carbons (Fsp3) is 0.467. The maximum Gasteiger partial charge on any atom is 0.334 e. The van der Waals surface area contributed by atoms with E-state index in [2.05, 4.69) is 0 Å². The highest BCUT2D eigenvalue weighted by Gasteiger charge is 2.50. The predicted octanol–water partition coefficient (Wildman–Crippen LogP) is 1.86. The lowest BCUT2D eigenvalue weighted by atomic mass is 9.94. The van der Waals surface area contributed by atoms with E-state index in [0.717, 1.165) is 30.3 Å². The van der Waals surface area contributed by atoms with Crippen LogP contribution in [0.5, 0.6) is 0 Å². The summed E-state index contributed by atoms with van der Waals surface area (Å²) < 4.78 is 11.0. The number of epoxide rings is 1. The number of allylic oxidation sites excluding steroid dienone is 2. The van der Waals surface area contributed by atoms with Crippen molar-refractivity contribution in [3.05, 3.63) is 34.4 Å². The van der Waals surface area contributed by atoms with Crippen LogP contribution in [0.1, 0.15) is 26.7 Å². The summed E-state index contributed by atoms with van der Waals surface area (Å²) in [6.45, 7) is 3.77. The number of fused-ring (bicyclic) bond motifs is 3. The van der Waals surface area contributed by atoms with Crippen LogP contribution in [-0.2, 0) is 19.1 Å². The van der Waals surface area contributed by atoms with Gasteiger partial charge in [-0.3, -0.25) is 4.79 Å². The molecule has 0 N–H and O–H groups in total. The van der Waals surface area contributed by atoms with Gasteiger partial charge in [-0.15, -0.1) is 0 Å². The number of aldehydes is 1. The first-order valence-corrected chi connectivity index (χ1v) is 6.51. The summed E-state index contributed by atoms with van der Waals surface area (Å²) in [5, 5.41) is 0. The Labute approximate surface area is 111 Å². The molecule has 0 aromatic rings. The van der Waals surface area contributed by atoms with Gasteiger partial charge in [-0.05, 0) is 32.8 Å². The smallest absolute Gasteiger partial charge is 0.334 e. The van der Waals surface area contributed by atoms with E-state index in [9.17, 15) is 9.59 Å². The summed E-state index contributed by atoms with van der Waals surface area (Å²) in [7, 11) is 0. The summed E-state index contributed by atoms with van der Waals surface area (Å²) in [4.78, 5) is 22.8. The molecule has 1 aliphatic carbocycles. The molecule has 3 aliphatic rings. The van der Waals surface area contributed by atoms with Crippen molar-refractivity contribution in [2.45, 2.75) is 45.0 Å². The lowest BCUT2D eigenvalue weighted by Gasteiger charge is -2.11. The summed E-state index contributed by atoms with van der Waals surface area (Å²) >= 11 is 0. The van der Waals surface area contributed by atoms with Gasteiger partial charge in [0.2, 0.25) is 0 Å².